The fourth-order valence-electron chi connectivity index (χ4n) is 1.40. The Morgan fingerprint density at radius 2 is 1.71 bits per heavy atom. The van der Waals surface area contributed by atoms with Gasteiger partial charge in [0.15, 0.2) is 0 Å². The van der Waals surface area contributed by atoms with Crippen molar-refractivity contribution >= 4 is 0 Å². The average molecular weight is 185 g/mol. The number of benzene rings is 2. The summed E-state index contributed by atoms with van der Waals surface area (Å²) in [6, 6.07) is 17.4. The Kier molecular flexibility index (Phi) is 2.59. The van der Waals surface area contributed by atoms with Gasteiger partial charge in [0, 0.05) is 6.42 Å². The van der Waals surface area contributed by atoms with E-state index in [1.807, 2.05) is 36.4 Å². The van der Waals surface area contributed by atoms with Gasteiger partial charge >= 0.3 is 0 Å². The summed E-state index contributed by atoms with van der Waals surface area (Å²) in [7, 11) is 0. The van der Waals surface area contributed by atoms with Crippen LogP contribution >= 0.6 is 0 Å². The molecule has 0 spiro atoms. The highest BCUT2D eigenvalue weighted by molar-refractivity contribution is 5.26. The molecular formula is C13H10F. The van der Waals surface area contributed by atoms with E-state index in [0.29, 0.717) is 6.42 Å². The Bertz CT molecular complexity index is 407. The summed E-state index contributed by atoms with van der Waals surface area (Å²) in [5.41, 5.74) is 1.84. The minimum atomic E-state index is -0.139. The molecule has 1 radical (unpaired) electrons. The molecule has 0 N–H and O–H groups in total. The fraction of sp³-hybridized carbons (Fsp3) is 0.0769. The van der Waals surface area contributed by atoms with Crippen LogP contribution in [0.2, 0.25) is 0 Å². The van der Waals surface area contributed by atoms with Gasteiger partial charge in [0.05, 0.1) is 0 Å². The maximum atomic E-state index is 13.3. The molecule has 0 amide bonds. The monoisotopic (exact) mass is 185 g/mol. The van der Waals surface area contributed by atoms with Crippen LogP contribution in [0.1, 0.15) is 11.1 Å². The van der Waals surface area contributed by atoms with Crippen LogP contribution in [0.3, 0.4) is 0 Å². The van der Waals surface area contributed by atoms with Gasteiger partial charge in [0.2, 0.25) is 0 Å². The Labute approximate surface area is 83.0 Å². The second-order valence-corrected chi connectivity index (χ2v) is 3.18. The van der Waals surface area contributed by atoms with E-state index in [1.165, 1.54) is 6.07 Å². The third-order valence-corrected chi connectivity index (χ3v) is 2.14. The van der Waals surface area contributed by atoms with Gasteiger partial charge < -0.3 is 0 Å². The van der Waals surface area contributed by atoms with Gasteiger partial charge in [-0.15, -0.1) is 0 Å². The smallest absolute Gasteiger partial charge is 0.126 e. The van der Waals surface area contributed by atoms with Crippen molar-refractivity contribution in [3.8, 4) is 0 Å². The third-order valence-electron chi connectivity index (χ3n) is 2.14. The Morgan fingerprint density at radius 1 is 1.00 bits per heavy atom. The molecule has 0 fully saturated rings. The lowest BCUT2D eigenvalue weighted by molar-refractivity contribution is 0.614. The Morgan fingerprint density at radius 3 is 2.43 bits per heavy atom. The maximum absolute atomic E-state index is 13.3. The topological polar surface area (TPSA) is 0 Å². The van der Waals surface area contributed by atoms with Gasteiger partial charge in [-0.25, -0.2) is 4.39 Å². The van der Waals surface area contributed by atoms with Crippen LogP contribution in [0.5, 0.6) is 0 Å². The van der Waals surface area contributed by atoms with Crippen molar-refractivity contribution in [3.05, 3.63) is 71.5 Å². The zero-order valence-electron chi connectivity index (χ0n) is 7.70. The summed E-state index contributed by atoms with van der Waals surface area (Å²) in [6.07, 6.45) is 0.640. The molecule has 0 aliphatic heterocycles. The molecule has 2 aromatic rings. The van der Waals surface area contributed by atoms with E-state index < -0.39 is 0 Å². The highest BCUT2D eigenvalue weighted by Gasteiger charge is 2.00. The molecule has 0 saturated heterocycles. The van der Waals surface area contributed by atoms with Gasteiger partial charge in [0.25, 0.3) is 0 Å². The minimum absolute atomic E-state index is 0.139. The fourth-order valence-corrected chi connectivity index (χ4v) is 1.40. The summed E-state index contributed by atoms with van der Waals surface area (Å²) >= 11 is 0. The normalized spacial score (nSPS) is 10.1. The highest BCUT2D eigenvalue weighted by atomic mass is 19.1. The SMILES string of the molecule is Fc1ccccc1Cc1cc[c]cc1. The highest BCUT2D eigenvalue weighted by Crippen LogP contribution is 2.12. The van der Waals surface area contributed by atoms with Crippen LogP contribution in [0.25, 0.3) is 0 Å². The van der Waals surface area contributed by atoms with Gasteiger partial charge in [-0.05, 0) is 23.3 Å². The predicted octanol–water partition coefficient (Wildman–Crippen LogP) is 3.22. The average Bonchev–Trinajstić information content (AvgIpc) is 2.23. The molecule has 0 atom stereocenters. The van der Waals surface area contributed by atoms with Crippen molar-refractivity contribution in [2.75, 3.05) is 0 Å². The van der Waals surface area contributed by atoms with E-state index in [9.17, 15) is 4.39 Å². The van der Waals surface area contributed by atoms with E-state index in [-0.39, 0.29) is 5.82 Å². The summed E-state index contributed by atoms with van der Waals surface area (Å²) in [6.45, 7) is 0. The van der Waals surface area contributed by atoms with E-state index in [0.717, 1.165) is 11.1 Å². The molecule has 0 bridgehead atoms. The van der Waals surface area contributed by atoms with Crippen LogP contribution in [0.15, 0.2) is 48.5 Å². The summed E-state index contributed by atoms with van der Waals surface area (Å²) in [5.74, 6) is -0.139. The quantitative estimate of drug-likeness (QED) is 0.674. The zero-order chi connectivity index (χ0) is 9.80. The van der Waals surface area contributed by atoms with E-state index in [2.05, 4.69) is 6.07 Å². The number of rotatable bonds is 2. The first-order chi connectivity index (χ1) is 6.86. The van der Waals surface area contributed by atoms with Gasteiger partial charge in [-0.2, -0.15) is 0 Å². The molecule has 0 aromatic heterocycles. The van der Waals surface area contributed by atoms with Gasteiger partial charge in [-0.3, -0.25) is 0 Å². The molecule has 0 aliphatic rings. The van der Waals surface area contributed by atoms with Crippen LogP contribution in [0, 0.1) is 11.9 Å². The van der Waals surface area contributed by atoms with E-state index in [4.69, 9.17) is 0 Å². The molecule has 69 valence electrons. The lowest BCUT2D eigenvalue weighted by atomic mass is 10.0. The molecular weight excluding hydrogens is 175 g/mol. The van der Waals surface area contributed by atoms with Crippen molar-refractivity contribution in [1.82, 2.24) is 0 Å². The van der Waals surface area contributed by atoms with Crippen LogP contribution in [-0.4, -0.2) is 0 Å². The van der Waals surface area contributed by atoms with Gasteiger partial charge in [0.1, 0.15) is 5.82 Å². The van der Waals surface area contributed by atoms with Crippen molar-refractivity contribution < 1.29 is 4.39 Å². The van der Waals surface area contributed by atoms with Crippen molar-refractivity contribution in [2.45, 2.75) is 6.42 Å². The molecule has 0 nitrogen and oxygen atoms in total. The minimum Gasteiger partial charge on any atom is -0.207 e. The summed E-state index contributed by atoms with van der Waals surface area (Å²) in [4.78, 5) is 0. The number of hydrogen-bond donors (Lipinski definition) is 0. The van der Waals surface area contributed by atoms with Crippen molar-refractivity contribution in [3.63, 3.8) is 0 Å². The largest absolute Gasteiger partial charge is 0.207 e. The molecule has 0 heterocycles. The molecule has 0 aliphatic carbocycles. The lowest BCUT2D eigenvalue weighted by Gasteiger charge is -2.02. The van der Waals surface area contributed by atoms with Crippen molar-refractivity contribution in [1.29, 1.82) is 0 Å². The Balaban J connectivity index is 2.24. The molecule has 2 rings (SSSR count). The lowest BCUT2D eigenvalue weighted by Crippen LogP contribution is -1.91. The van der Waals surface area contributed by atoms with E-state index >= 15 is 0 Å². The number of halogens is 1. The molecule has 14 heavy (non-hydrogen) atoms. The predicted molar refractivity (Wildman–Crippen MR) is 54.5 cm³/mol. The van der Waals surface area contributed by atoms with Gasteiger partial charge in [-0.1, -0.05) is 42.5 Å². The van der Waals surface area contributed by atoms with Crippen LogP contribution < -0.4 is 0 Å². The maximum Gasteiger partial charge on any atom is 0.126 e. The second-order valence-electron chi connectivity index (χ2n) is 3.18. The molecule has 0 saturated carbocycles. The first-order valence-corrected chi connectivity index (χ1v) is 4.54. The standard InChI is InChI=1S/C13H10F/c14-13-9-5-4-8-12(13)10-11-6-2-1-3-7-11/h2-9H,10H2. The second kappa shape index (κ2) is 4.05. The third kappa shape index (κ3) is 1.99. The number of hydrogen-bond acceptors (Lipinski definition) is 0. The van der Waals surface area contributed by atoms with Crippen LogP contribution in [-0.2, 0) is 6.42 Å². The van der Waals surface area contributed by atoms with E-state index in [1.54, 1.807) is 6.07 Å². The van der Waals surface area contributed by atoms with Crippen LogP contribution in [0.4, 0.5) is 4.39 Å². The molecule has 0 unspecified atom stereocenters. The molecule has 1 heteroatoms. The first kappa shape index (κ1) is 8.95. The Hall–Kier alpha value is -1.63. The van der Waals surface area contributed by atoms with Crippen molar-refractivity contribution in [2.24, 2.45) is 0 Å². The zero-order valence-corrected chi connectivity index (χ0v) is 7.70. The first-order valence-electron chi connectivity index (χ1n) is 4.54. The summed E-state index contributed by atoms with van der Waals surface area (Å²) < 4.78 is 13.3. The molecule has 2 aromatic carbocycles. The summed E-state index contributed by atoms with van der Waals surface area (Å²) in [5, 5.41) is 0.